The molecule has 1 fully saturated rings. The van der Waals surface area contributed by atoms with Crippen molar-refractivity contribution >= 4 is 11.8 Å². The molecule has 0 bridgehead atoms. The minimum Gasteiger partial charge on any atom is -0.273 e. The number of hydrogen-bond acceptors (Lipinski definition) is 2. The van der Waals surface area contributed by atoms with Crippen LogP contribution >= 0.6 is 0 Å². The fraction of sp³-hybridized carbons (Fsp3) is 0.222. The van der Waals surface area contributed by atoms with Gasteiger partial charge in [0, 0.05) is 11.5 Å². The standard InChI is InChI=1S/C18H18N2O2/c1-12-7-5-6-10-14(12)17(21)19-20-18(22)16-11-15(16)13-8-3-2-4-9-13/h2-10,15-16H,11H2,1H3,(H,19,21)(H,20,22). The van der Waals surface area contributed by atoms with E-state index in [4.69, 9.17) is 0 Å². The largest absolute Gasteiger partial charge is 0.273 e. The molecule has 4 heteroatoms. The summed E-state index contributed by atoms with van der Waals surface area (Å²) in [5, 5.41) is 0. The van der Waals surface area contributed by atoms with Gasteiger partial charge in [0.2, 0.25) is 5.91 Å². The van der Waals surface area contributed by atoms with E-state index in [1.807, 2.05) is 49.4 Å². The maximum absolute atomic E-state index is 12.1. The van der Waals surface area contributed by atoms with Gasteiger partial charge < -0.3 is 0 Å². The van der Waals surface area contributed by atoms with Gasteiger partial charge in [0.25, 0.3) is 5.91 Å². The Hall–Kier alpha value is -2.62. The number of carbonyl (C=O) groups excluding carboxylic acids is 2. The third-order valence-corrected chi connectivity index (χ3v) is 4.04. The lowest BCUT2D eigenvalue weighted by molar-refractivity contribution is -0.123. The molecule has 22 heavy (non-hydrogen) atoms. The van der Waals surface area contributed by atoms with Crippen molar-refractivity contribution in [2.45, 2.75) is 19.3 Å². The summed E-state index contributed by atoms with van der Waals surface area (Å²) in [4.78, 5) is 24.1. The fourth-order valence-corrected chi connectivity index (χ4v) is 2.66. The van der Waals surface area contributed by atoms with Crippen molar-refractivity contribution in [3.05, 3.63) is 71.3 Å². The van der Waals surface area contributed by atoms with Crippen molar-refractivity contribution in [2.75, 3.05) is 0 Å². The van der Waals surface area contributed by atoms with E-state index in [9.17, 15) is 9.59 Å². The van der Waals surface area contributed by atoms with Crippen LogP contribution in [-0.2, 0) is 4.79 Å². The molecule has 2 unspecified atom stereocenters. The van der Waals surface area contributed by atoms with Crippen LogP contribution < -0.4 is 10.9 Å². The molecule has 2 atom stereocenters. The second-order valence-corrected chi connectivity index (χ2v) is 5.62. The normalized spacial score (nSPS) is 19.3. The molecule has 0 radical (unpaired) electrons. The third kappa shape index (κ3) is 3.01. The third-order valence-electron chi connectivity index (χ3n) is 4.04. The smallest absolute Gasteiger partial charge is 0.269 e. The second-order valence-electron chi connectivity index (χ2n) is 5.62. The molecule has 1 aliphatic carbocycles. The van der Waals surface area contributed by atoms with E-state index >= 15 is 0 Å². The summed E-state index contributed by atoms with van der Waals surface area (Å²) in [6, 6.07) is 17.3. The van der Waals surface area contributed by atoms with Crippen molar-refractivity contribution in [3.8, 4) is 0 Å². The minimum atomic E-state index is -0.289. The number of aryl methyl sites for hydroxylation is 1. The van der Waals surface area contributed by atoms with Gasteiger partial charge in [-0.15, -0.1) is 0 Å². The van der Waals surface area contributed by atoms with Gasteiger partial charge in [-0.3, -0.25) is 20.4 Å². The highest BCUT2D eigenvalue weighted by atomic mass is 16.2. The number of rotatable bonds is 3. The van der Waals surface area contributed by atoms with Gasteiger partial charge in [-0.2, -0.15) is 0 Å². The summed E-state index contributed by atoms with van der Waals surface area (Å²) in [5.41, 5.74) is 7.65. The van der Waals surface area contributed by atoms with Crippen LogP contribution in [0.2, 0.25) is 0 Å². The zero-order valence-corrected chi connectivity index (χ0v) is 12.4. The van der Waals surface area contributed by atoms with Crippen molar-refractivity contribution in [1.82, 2.24) is 10.9 Å². The number of carbonyl (C=O) groups is 2. The molecule has 112 valence electrons. The maximum Gasteiger partial charge on any atom is 0.269 e. The number of hydrazine groups is 1. The Morgan fingerprint density at radius 2 is 1.64 bits per heavy atom. The lowest BCUT2D eigenvalue weighted by Gasteiger charge is -2.09. The Morgan fingerprint density at radius 1 is 0.955 bits per heavy atom. The van der Waals surface area contributed by atoms with E-state index in [1.165, 1.54) is 5.56 Å². The number of nitrogens with one attached hydrogen (secondary N) is 2. The van der Waals surface area contributed by atoms with Gasteiger partial charge in [-0.05, 0) is 36.5 Å². The van der Waals surface area contributed by atoms with E-state index in [0.717, 1.165) is 12.0 Å². The molecule has 0 aliphatic heterocycles. The summed E-state index contributed by atoms with van der Waals surface area (Å²) in [5.74, 6) is -0.213. The van der Waals surface area contributed by atoms with Crippen molar-refractivity contribution in [2.24, 2.45) is 5.92 Å². The molecule has 0 spiro atoms. The second kappa shape index (κ2) is 6.02. The molecule has 3 rings (SSSR count). The summed E-state index contributed by atoms with van der Waals surface area (Å²) in [7, 11) is 0. The molecule has 2 aromatic carbocycles. The summed E-state index contributed by atoms with van der Waals surface area (Å²) < 4.78 is 0. The predicted molar refractivity (Wildman–Crippen MR) is 84.1 cm³/mol. The topological polar surface area (TPSA) is 58.2 Å². The molecule has 4 nitrogen and oxygen atoms in total. The van der Waals surface area contributed by atoms with E-state index in [0.29, 0.717) is 5.56 Å². The van der Waals surface area contributed by atoms with Crippen LogP contribution in [0.25, 0.3) is 0 Å². The molecule has 0 heterocycles. The van der Waals surface area contributed by atoms with Gasteiger partial charge in [0.05, 0.1) is 0 Å². The minimum absolute atomic E-state index is 0.0560. The molecule has 2 aromatic rings. The summed E-state index contributed by atoms with van der Waals surface area (Å²) >= 11 is 0. The molecular formula is C18H18N2O2. The Kier molecular flexibility index (Phi) is 3.92. The van der Waals surface area contributed by atoms with Crippen LogP contribution in [0.3, 0.4) is 0 Å². The number of benzene rings is 2. The Balaban J connectivity index is 1.54. The molecule has 2 N–H and O–H groups in total. The first-order valence-electron chi connectivity index (χ1n) is 7.37. The van der Waals surface area contributed by atoms with Crippen molar-refractivity contribution in [1.29, 1.82) is 0 Å². The average molecular weight is 294 g/mol. The molecular weight excluding hydrogens is 276 g/mol. The first-order chi connectivity index (χ1) is 10.7. The van der Waals surface area contributed by atoms with Gasteiger partial charge in [-0.25, -0.2) is 0 Å². The first-order valence-corrected chi connectivity index (χ1v) is 7.37. The molecule has 2 amide bonds. The summed E-state index contributed by atoms with van der Waals surface area (Å²) in [6.45, 7) is 1.86. The Morgan fingerprint density at radius 3 is 2.36 bits per heavy atom. The van der Waals surface area contributed by atoms with Crippen LogP contribution in [0.4, 0.5) is 0 Å². The van der Waals surface area contributed by atoms with E-state index in [2.05, 4.69) is 10.9 Å². The van der Waals surface area contributed by atoms with E-state index in [-0.39, 0.29) is 23.7 Å². The van der Waals surface area contributed by atoms with Gasteiger partial charge >= 0.3 is 0 Å². The van der Waals surface area contributed by atoms with Crippen LogP contribution in [0, 0.1) is 12.8 Å². The van der Waals surface area contributed by atoms with Gasteiger partial charge in [0.15, 0.2) is 0 Å². The van der Waals surface area contributed by atoms with Crippen LogP contribution in [-0.4, -0.2) is 11.8 Å². The quantitative estimate of drug-likeness (QED) is 0.855. The highest BCUT2D eigenvalue weighted by Crippen LogP contribution is 2.47. The van der Waals surface area contributed by atoms with Gasteiger partial charge in [-0.1, -0.05) is 48.5 Å². The van der Waals surface area contributed by atoms with Crippen LogP contribution in [0.5, 0.6) is 0 Å². The molecule has 0 aromatic heterocycles. The highest BCUT2D eigenvalue weighted by Gasteiger charge is 2.43. The van der Waals surface area contributed by atoms with Crippen molar-refractivity contribution in [3.63, 3.8) is 0 Å². The van der Waals surface area contributed by atoms with E-state index < -0.39 is 0 Å². The molecule has 1 aliphatic rings. The monoisotopic (exact) mass is 294 g/mol. The highest BCUT2D eigenvalue weighted by molar-refractivity contribution is 5.97. The molecule has 0 saturated heterocycles. The van der Waals surface area contributed by atoms with Gasteiger partial charge in [0.1, 0.15) is 0 Å². The predicted octanol–water partition coefficient (Wildman–Crippen LogP) is 2.56. The summed E-state index contributed by atoms with van der Waals surface area (Å²) in [6.07, 6.45) is 0.829. The zero-order chi connectivity index (χ0) is 15.5. The van der Waals surface area contributed by atoms with Crippen LogP contribution in [0.15, 0.2) is 54.6 Å². The Bertz CT molecular complexity index is 697. The van der Waals surface area contributed by atoms with E-state index in [1.54, 1.807) is 12.1 Å². The fourth-order valence-electron chi connectivity index (χ4n) is 2.66. The maximum atomic E-state index is 12.1. The lowest BCUT2D eigenvalue weighted by atomic mass is 10.1. The number of hydrogen-bond donors (Lipinski definition) is 2. The van der Waals surface area contributed by atoms with Crippen molar-refractivity contribution < 1.29 is 9.59 Å². The van der Waals surface area contributed by atoms with Crippen LogP contribution in [0.1, 0.15) is 33.8 Å². The Labute approximate surface area is 129 Å². The zero-order valence-electron chi connectivity index (χ0n) is 12.4. The average Bonchev–Trinajstić information content (AvgIpc) is 3.34. The lowest BCUT2D eigenvalue weighted by Crippen LogP contribution is -2.42. The SMILES string of the molecule is Cc1ccccc1C(=O)NNC(=O)C1CC1c1ccccc1. The first kappa shape index (κ1) is 14.3. The molecule has 1 saturated carbocycles. The number of amides is 2.